The van der Waals surface area contributed by atoms with Gasteiger partial charge >= 0.3 is 0 Å². The third-order valence-electron chi connectivity index (χ3n) is 3.58. The molecule has 2 heteroatoms. The highest BCUT2D eigenvalue weighted by Gasteiger charge is 2.27. The summed E-state index contributed by atoms with van der Waals surface area (Å²) in [5, 5.41) is 3.55. The molecule has 0 aromatic heterocycles. The van der Waals surface area contributed by atoms with Crippen LogP contribution in [0, 0.1) is 5.41 Å². The monoisotopic (exact) mass is 198 g/mol. The van der Waals surface area contributed by atoms with Crippen molar-refractivity contribution < 1.29 is 0 Å². The largest absolute Gasteiger partial charge is 0.328 e. The second-order valence-electron chi connectivity index (χ2n) is 5.15. The molecular formula is C12H26N2. The zero-order valence-electron chi connectivity index (χ0n) is 9.81. The van der Waals surface area contributed by atoms with E-state index in [2.05, 4.69) is 19.2 Å². The molecule has 3 N–H and O–H groups in total. The Labute approximate surface area is 88.6 Å². The Morgan fingerprint density at radius 1 is 1.36 bits per heavy atom. The highest BCUT2D eigenvalue weighted by atomic mass is 14.9. The van der Waals surface area contributed by atoms with E-state index in [1.165, 1.54) is 32.2 Å². The minimum Gasteiger partial charge on any atom is -0.328 e. The Kier molecular flexibility index (Phi) is 4.90. The second kappa shape index (κ2) is 5.72. The van der Waals surface area contributed by atoms with Crippen LogP contribution in [-0.2, 0) is 0 Å². The fourth-order valence-electron chi connectivity index (χ4n) is 2.29. The van der Waals surface area contributed by atoms with Crippen LogP contribution in [0.2, 0.25) is 0 Å². The van der Waals surface area contributed by atoms with Crippen LogP contribution in [-0.4, -0.2) is 19.1 Å². The molecule has 0 saturated heterocycles. The molecule has 0 bridgehead atoms. The van der Waals surface area contributed by atoms with Crippen molar-refractivity contribution in [3.63, 3.8) is 0 Å². The minimum absolute atomic E-state index is 0.388. The Balaban J connectivity index is 2.03. The molecule has 2 nitrogen and oxygen atoms in total. The lowest BCUT2D eigenvalue weighted by Crippen LogP contribution is -2.33. The maximum Gasteiger partial charge on any atom is 0.00482 e. The predicted molar refractivity (Wildman–Crippen MR) is 62.3 cm³/mol. The molecule has 1 unspecified atom stereocenters. The first kappa shape index (κ1) is 12.0. The first-order chi connectivity index (χ1) is 6.66. The molecule has 1 fully saturated rings. The molecule has 0 radical (unpaired) electrons. The number of nitrogens with one attached hydrogen (secondary N) is 1. The highest BCUT2D eigenvalue weighted by Crippen LogP contribution is 2.36. The summed E-state index contributed by atoms with van der Waals surface area (Å²) in [6.45, 7) is 6.84. The van der Waals surface area contributed by atoms with Gasteiger partial charge in [0.05, 0.1) is 0 Å². The minimum atomic E-state index is 0.388. The van der Waals surface area contributed by atoms with Crippen LogP contribution in [0.5, 0.6) is 0 Å². The molecule has 84 valence electrons. The van der Waals surface area contributed by atoms with Crippen LogP contribution in [0.3, 0.4) is 0 Å². The molecule has 1 atom stereocenters. The van der Waals surface area contributed by atoms with Crippen molar-refractivity contribution in [3.8, 4) is 0 Å². The van der Waals surface area contributed by atoms with Crippen molar-refractivity contribution in [1.82, 2.24) is 5.32 Å². The lowest BCUT2D eigenvalue weighted by molar-refractivity contribution is 0.313. The molecular weight excluding hydrogens is 172 g/mol. The van der Waals surface area contributed by atoms with Gasteiger partial charge < -0.3 is 11.1 Å². The van der Waals surface area contributed by atoms with Gasteiger partial charge in [-0.3, -0.25) is 0 Å². The zero-order chi connectivity index (χ0) is 10.4. The average Bonchev–Trinajstić information content (AvgIpc) is 2.60. The Hall–Kier alpha value is -0.0800. The van der Waals surface area contributed by atoms with Crippen LogP contribution in [0.4, 0.5) is 0 Å². The quantitative estimate of drug-likeness (QED) is 0.643. The van der Waals surface area contributed by atoms with Crippen LogP contribution >= 0.6 is 0 Å². The normalized spacial score (nSPS) is 22.5. The molecule has 1 aliphatic rings. The van der Waals surface area contributed by atoms with Gasteiger partial charge in [-0.2, -0.15) is 0 Å². The molecule has 0 aliphatic heterocycles. The van der Waals surface area contributed by atoms with E-state index in [9.17, 15) is 0 Å². The third kappa shape index (κ3) is 3.97. The average molecular weight is 198 g/mol. The van der Waals surface area contributed by atoms with Crippen LogP contribution in [0.25, 0.3) is 0 Å². The maximum absolute atomic E-state index is 5.86. The van der Waals surface area contributed by atoms with E-state index >= 15 is 0 Å². The number of rotatable bonds is 6. The van der Waals surface area contributed by atoms with E-state index in [-0.39, 0.29) is 0 Å². The van der Waals surface area contributed by atoms with Crippen LogP contribution in [0.15, 0.2) is 0 Å². The first-order valence-corrected chi connectivity index (χ1v) is 6.12. The van der Waals surface area contributed by atoms with E-state index in [1.807, 2.05) is 0 Å². The van der Waals surface area contributed by atoms with Crippen molar-refractivity contribution in [3.05, 3.63) is 0 Å². The fourth-order valence-corrected chi connectivity index (χ4v) is 2.29. The lowest BCUT2D eigenvalue weighted by Gasteiger charge is -2.24. The van der Waals surface area contributed by atoms with Crippen molar-refractivity contribution in [2.75, 3.05) is 13.1 Å². The SMILES string of the molecule is CCC(N)CCNCC1(C)CCCC1. The Morgan fingerprint density at radius 2 is 2.00 bits per heavy atom. The van der Waals surface area contributed by atoms with Crippen molar-refractivity contribution >= 4 is 0 Å². The topological polar surface area (TPSA) is 38.0 Å². The smallest absolute Gasteiger partial charge is 0.00482 e. The molecule has 0 heterocycles. The molecule has 1 rings (SSSR count). The van der Waals surface area contributed by atoms with Gasteiger partial charge in [-0.1, -0.05) is 26.7 Å². The van der Waals surface area contributed by atoms with Crippen LogP contribution < -0.4 is 11.1 Å². The van der Waals surface area contributed by atoms with Gasteiger partial charge in [-0.25, -0.2) is 0 Å². The van der Waals surface area contributed by atoms with Gasteiger partial charge in [0, 0.05) is 12.6 Å². The van der Waals surface area contributed by atoms with E-state index in [4.69, 9.17) is 5.73 Å². The molecule has 1 saturated carbocycles. The van der Waals surface area contributed by atoms with Crippen molar-refractivity contribution in [2.45, 2.75) is 58.4 Å². The number of hydrogen-bond donors (Lipinski definition) is 2. The summed E-state index contributed by atoms with van der Waals surface area (Å²) in [6.07, 6.45) is 7.87. The fraction of sp³-hybridized carbons (Fsp3) is 1.00. The van der Waals surface area contributed by atoms with Gasteiger partial charge in [0.2, 0.25) is 0 Å². The summed E-state index contributed by atoms with van der Waals surface area (Å²) >= 11 is 0. The number of hydrogen-bond acceptors (Lipinski definition) is 2. The summed E-state index contributed by atoms with van der Waals surface area (Å²) in [5.74, 6) is 0. The summed E-state index contributed by atoms with van der Waals surface area (Å²) in [7, 11) is 0. The van der Waals surface area contributed by atoms with Crippen molar-refractivity contribution in [2.24, 2.45) is 11.1 Å². The first-order valence-electron chi connectivity index (χ1n) is 6.12. The van der Waals surface area contributed by atoms with Crippen molar-refractivity contribution in [1.29, 1.82) is 0 Å². The van der Waals surface area contributed by atoms with E-state index in [0.717, 1.165) is 19.4 Å². The van der Waals surface area contributed by atoms with E-state index < -0.39 is 0 Å². The molecule has 0 amide bonds. The molecule has 0 aromatic carbocycles. The summed E-state index contributed by atoms with van der Waals surface area (Å²) in [6, 6.07) is 0.388. The second-order valence-corrected chi connectivity index (χ2v) is 5.15. The Bertz CT molecular complexity index is 150. The van der Waals surface area contributed by atoms with Gasteiger partial charge in [0.15, 0.2) is 0 Å². The summed E-state index contributed by atoms with van der Waals surface area (Å²) in [4.78, 5) is 0. The van der Waals surface area contributed by atoms with E-state index in [0.29, 0.717) is 11.5 Å². The third-order valence-corrected chi connectivity index (χ3v) is 3.58. The summed E-state index contributed by atoms with van der Waals surface area (Å²) < 4.78 is 0. The Morgan fingerprint density at radius 3 is 2.57 bits per heavy atom. The predicted octanol–water partition coefficient (Wildman–Crippen LogP) is 2.28. The van der Waals surface area contributed by atoms with E-state index in [1.54, 1.807) is 0 Å². The van der Waals surface area contributed by atoms with Gasteiger partial charge in [-0.05, 0) is 37.6 Å². The van der Waals surface area contributed by atoms with Gasteiger partial charge in [-0.15, -0.1) is 0 Å². The summed E-state index contributed by atoms with van der Waals surface area (Å²) in [5.41, 5.74) is 6.44. The standard InChI is InChI=1S/C12H26N2/c1-3-11(13)6-9-14-10-12(2)7-4-5-8-12/h11,14H,3-10,13H2,1-2H3. The van der Waals surface area contributed by atoms with Gasteiger partial charge in [0.25, 0.3) is 0 Å². The molecule has 0 spiro atoms. The maximum atomic E-state index is 5.86. The number of nitrogens with two attached hydrogens (primary N) is 1. The zero-order valence-corrected chi connectivity index (χ0v) is 9.81. The van der Waals surface area contributed by atoms with Gasteiger partial charge in [0.1, 0.15) is 0 Å². The lowest BCUT2D eigenvalue weighted by atomic mass is 9.89. The molecule has 14 heavy (non-hydrogen) atoms. The molecule has 0 aromatic rings. The highest BCUT2D eigenvalue weighted by molar-refractivity contribution is 4.82. The van der Waals surface area contributed by atoms with Crippen LogP contribution in [0.1, 0.15) is 52.4 Å². The molecule has 1 aliphatic carbocycles.